The Kier molecular flexibility index (Phi) is 5.32. The van der Waals surface area contributed by atoms with Gasteiger partial charge in [0, 0.05) is 16.3 Å². The molecule has 0 unspecified atom stereocenters. The SMILES string of the molecule is Clc1ccc(-c2sc(NN=C3CCCCC3)nc2-c2ccccc2)cc1. The number of hydrogen-bond acceptors (Lipinski definition) is 4. The molecular formula is C21H20ClN3S. The van der Waals surface area contributed by atoms with Crippen LogP contribution in [0.1, 0.15) is 32.1 Å². The maximum atomic E-state index is 6.05. The maximum Gasteiger partial charge on any atom is 0.204 e. The van der Waals surface area contributed by atoms with Gasteiger partial charge in [0.1, 0.15) is 0 Å². The number of halogens is 1. The van der Waals surface area contributed by atoms with Crippen molar-refractivity contribution in [2.24, 2.45) is 5.10 Å². The highest BCUT2D eigenvalue weighted by Crippen LogP contribution is 2.39. The summed E-state index contributed by atoms with van der Waals surface area (Å²) in [5.41, 5.74) is 7.64. The van der Waals surface area contributed by atoms with E-state index < -0.39 is 0 Å². The molecule has 0 atom stereocenters. The number of rotatable bonds is 4. The van der Waals surface area contributed by atoms with Gasteiger partial charge < -0.3 is 0 Å². The van der Waals surface area contributed by atoms with Gasteiger partial charge >= 0.3 is 0 Å². The van der Waals surface area contributed by atoms with E-state index in [0.29, 0.717) is 0 Å². The van der Waals surface area contributed by atoms with Crippen LogP contribution in [0.15, 0.2) is 59.7 Å². The number of hydrazone groups is 1. The average Bonchev–Trinajstić information content (AvgIpc) is 3.13. The van der Waals surface area contributed by atoms with Crippen LogP contribution in [0.25, 0.3) is 21.7 Å². The van der Waals surface area contributed by atoms with Crippen LogP contribution in [0.3, 0.4) is 0 Å². The number of aromatic nitrogens is 1. The predicted molar refractivity (Wildman–Crippen MR) is 112 cm³/mol. The molecule has 1 fully saturated rings. The van der Waals surface area contributed by atoms with Gasteiger partial charge in [-0.15, -0.1) is 0 Å². The fourth-order valence-electron chi connectivity index (χ4n) is 3.16. The molecule has 1 heterocycles. The van der Waals surface area contributed by atoms with Crippen LogP contribution in [0.2, 0.25) is 5.02 Å². The lowest BCUT2D eigenvalue weighted by Gasteiger charge is -2.11. The highest BCUT2D eigenvalue weighted by atomic mass is 35.5. The Hall–Kier alpha value is -2.17. The van der Waals surface area contributed by atoms with Crippen molar-refractivity contribution in [3.05, 3.63) is 59.6 Å². The Morgan fingerprint density at radius 3 is 2.35 bits per heavy atom. The Morgan fingerprint density at radius 2 is 1.62 bits per heavy atom. The summed E-state index contributed by atoms with van der Waals surface area (Å²) < 4.78 is 0. The monoisotopic (exact) mass is 381 g/mol. The van der Waals surface area contributed by atoms with Crippen molar-refractivity contribution in [2.75, 3.05) is 5.43 Å². The summed E-state index contributed by atoms with van der Waals surface area (Å²) in [6.45, 7) is 0. The van der Waals surface area contributed by atoms with Crippen molar-refractivity contribution in [1.29, 1.82) is 0 Å². The number of nitrogens with zero attached hydrogens (tertiary/aromatic N) is 2. The maximum absolute atomic E-state index is 6.05. The van der Waals surface area contributed by atoms with Crippen LogP contribution >= 0.6 is 22.9 Å². The highest BCUT2D eigenvalue weighted by molar-refractivity contribution is 7.19. The molecule has 1 aromatic heterocycles. The van der Waals surface area contributed by atoms with E-state index in [9.17, 15) is 0 Å². The summed E-state index contributed by atoms with van der Waals surface area (Å²) in [4.78, 5) is 5.96. The summed E-state index contributed by atoms with van der Waals surface area (Å²) in [6.07, 6.45) is 5.98. The minimum Gasteiger partial charge on any atom is -0.253 e. The standard InChI is InChI=1S/C21H20ClN3S/c22-17-13-11-16(12-14-17)20-19(15-7-3-1-4-8-15)23-21(26-20)25-24-18-9-5-2-6-10-18/h1,3-4,7-8,11-14H,2,5-6,9-10H2,(H,23,25). The van der Waals surface area contributed by atoms with Crippen LogP contribution in [0.4, 0.5) is 5.13 Å². The lowest BCUT2D eigenvalue weighted by molar-refractivity contribution is 0.665. The van der Waals surface area contributed by atoms with Crippen molar-refractivity contribution in [3.63, 3.8) is 0 Å². The van der Waals surface area contributed by atoms with Crippen molar-refractivity contribution < 1.29 is 0 Å². The molecule has 0 bridgehead atoms. The van der Waals surface area contributed by atoms with Gasteiger partial charge in [0.2, 0.25) is 5.13 Å². The second kappa shape index (κ2) is 8.02. The van der Waals surface area contributed by atoms with Gasteiger partial charge in [0.25, 0.3) is 0 Å². The van der Waals surface area contributed by atoms with Crippen LogP contribution in [0.5, 0.6) is 0 Å². The van der Waals surface area contributed by atoms with Gasteiger partial charge in [0.05, 0.1) is 10.6 Å². The Bertz CT molecular complexity index is 893. The van der Waals surface area contributed by atoms with E-state index in [1.165, 1.54) is 25.0 Å². The first-order chi connectivity index (χ1) is 12.8. The number of anilines is 1. The smallest absolute Gasteiger partial charge is 0.204 e. The van der Waals surface area contributed by atoms with Crippen molar-refractivity contribution in [1.82, 2.24) is 4.98 Å². The van der Waals surface area contributed by atoms with Crippen molar-refractivity contribution >= 4 is 33.8 Å². The number of nitrogens with one attached hydrogen (secondary N) is 1. The highest BCUT2D eigenvalue weighted by Gasteiger charge is 2.15. The molecule has 0 saturated heterocycles. The van der Waals surface area contributed by atoms with E-state index in [0.717, 1.165) is 44.7 Å². The minimum atomic E-state index is 0.738. The molecule has 0 amide bonds. The molecule has 0 aliphatic heterocycles. The van der Waals surface area contributed by atoms with Gasteiger partial charge in [-0.3, -0.25) is 5.43 Å². The Balaban J connectivity index is 1.69. The van der Waals surface area contributed by atoms with Crippen LogP contribution in [-0.2, 0) is 0 Å². The molecule has 4 rings (SSSR count). The molecule has 0 spiro atoms. The van der Waals surface area contributed by atoms with Gasteiger partial charge in [-0.25, -0.2) is 4.98 Å². The van der Waals surface area contributed by atoms with Gasteiger partial charge in [-0.1, -0.05) is 71.8 Å². The lowest BCUT2D eigenvalue weighted by atomic mass is 9.99. The van der Waals surface area contributed by atoms with E-state index in [1.54, 1.807) is 11.3 Å². The number of benzene rings is 2. The normalized spacial score (nSPS) is 14.3. The summed E-state index contributed by atoms with van der Waals surface area (Å²) in [5, 5.41) is 6.17. The number of thiazole rings is 1. The molecule has 1 N–H and O–H groups in total. The molecule has 1 aliphatic carbocycles. The van der Waals surface area contributed by atoms with Gasteiger partial charge in [0.15, 0.2) is 0 Å². The fraction of sp³-hybridized carbons (Fsp3) is 0.238. The zero-order valence-corrected chi connectivity index (χ0v) is 16.0. The van der Waals surface area contributed by atoms with E-state index in [2.05, 4.69) is 22.7 Å². The molecular weight excluding hydrogens is 362 g/mol. The Labute approximate surface area is 162 Å². The van der Waals surface area contributed by atoms with Gasteiger partial charge in [-0.05, 0) is 43.4 Å². The first-order valence-electron chi connectivity index (χ1n) is 8.93. The number of hydrogen-bond donors (Lipinski definition) is 1. The average molecular weight is 382 g/mol. The van der Waals surface area contributed by atoms with E-state index in [-0.39, 0.29) is 0 Å². The second-order valence-corrected chi connectivity index (χ2v) is 7.86. The van der Waals surface area contributed by atoms with E-state index in [1.807, 2.05) is 42.5 Å². The molecule has 1 saturated carbocycles. The molecule has 1 aliphatic rings. The summed E-state index contributed by atoms with van der Waals surface area (Å²) in [6, 6.07) is 18.2. The largest absolute Gasteiger partial charge is 0.253 e. The topological polar surface area (TPSA) is 37.3 Å². The third-order valence-corrected chi connectivity index (χ3v) is 5.78. The third kappa shape index (κ3) is 3.97. The third-order valence-electron chi connectivity index (χ3n) is 4.52. The fourth-order valence-corrected chi connectivity index (χ4v) is 4.22. The van der Waals surface area contributed by atoms with E-state index >= 15 is 0 Å². The van der Waals surface area contributed by atoms with Gasteiger partial charge in [-0.2, -0.15) is 5.10 Å². The van der Waals surface area contributed by atoms with Crippen LogP contribution in [0, 0.1) is 0 Å². The molecule has 26 heavy (non-hydrogen) atoms. The summed E-state index contributed by atoms with van der Waals surface area (Å²) in [7, 11) is 0. The molecule has 3 nitrogen and oxygen atoms in total. The summed E-state index contributed by atoms with van der Waals surface area (Å²) >= 11 is 7.68. The first kappa shape index (κ1) is 17.3. The molecule has 5 heteroatoms. The lowest BCUT2D eigenvalue weighted by Crippen LogP contribution is -2.07. The molecule has 132 valence electrons. The van der Waals surface area contributed by atoms with Crippen LogP contribution < -0.4 is 5.43 Å². The zero-order valence-electron chi connectivity index (χ0n) is 14.4. The first-order valence-corrected chi connectivity index (χ1v) is 10.1. The van der Waals surface area contributed by atoms with Crippen LogP contribution in [-0.4, -0.2) is 10.7 Å². The Morgan fingerprint density at radius 1 is 0.885 bits per heavy atom. The zero-order chi connectivity index (χ0) is 17.8. The van der Waals surface area contributed by atoms with Crippen molar-refractivity contribution in [3.8, 4) is 21.7 Å². The molecule has 2 aromatic carbocycles. The quantitative estimate of drug-likeness (QED) is 0.501. The van der Waals surface area contributed by atoms with Crippen molar-refractivity contribution in [2.45, 2.75) is 32.1 Å². The minimum absolute atomic E-state index is 0.738. The molecule has 0 radical (unpaired) electrons. The molecule has 3 aromatic rings. The predicted octanol–water partition coefficient (Wildman–Crippen LogP) is 6.86. The second-order valence-electron chi connectivity index (χ2n) is 6.42. The summed E-state index contributed by atoms with van der Waals surface area (Å²) in [5.74, 6) is 0. The van der Waals surface area contributed by atoms with E-state index in [4.69, 9.17) is 16.6 Å².